The van der Waals surface area contributed by atoms with Crippen molar-refractivity contribution in [1.82, 2.24) is 4.98 Å². The van der Waals surface area contributed by atoms with Crippen LogP contribution in [-0.2, 0) is 0 Å². The molecule has 0 saturated carbocycles. The zero-order valence-corrected chi connectivity index (χ0v) is 12.4. The van der Waals surface area contributed by atoms with Gasteiger partial charge in [-0.15, -0.1) is 11.3 Å². The molecule has 0 aliphatic carbocycles. The van der Waals surface area contributed by atoms with E-state index in [1.165, 1.54) is 11.3 Å². The number of methoxy groups -OCH3 is 1. The van der Waals surface area contributed by atoms with Gasteiger partial charge in [-0.3, -0.25) is 0 Å². The summed E-state index contributed by atoms with van der Waals surface area (Å²) in [5.41, 5.74) is 3.06. The number of ether oxygens (including phenoxy) is 1. The molecule has 1 heterocycles. The van der Waals surface area contributed by atoms with Gasteiger partial charge in [0.25, 0.3) is 0 Å². The highest BCUT2D eigenvalue weighted by Crippen LogP contribution is 2.27. The van der Waals surface area contributed by atoms with Gasteiger partial charge < -0.3 is 4.74 Å². The van der Waals surface area contributed by atoms with Crippen LogP contribution in [0.4, 0.5) is 5.13 Å². The van der Waals surface area contributed by atoms with E-state index in [4.69, 9.17) is 4.74 Å². The van der Waals surface area contributed by atoms with Gasteiger partial charge in [0, 0.05) is 17.2 Å². The summed E-state index contributed by atoms with van der Waals surface area (Å²) in [6.45, 7) is 0. The Kier molecular flexibility index (Phi) is 4.07. The van der Waals surface area contributed by atoms with Gasteiger partial charge >= 0.3 is 0 Å². The standard InChI is InChI=1S/C17H14N2OS/c1-20-15-9-7-14(8-10-15)16-12-21-17(19-16)18-11-13-5-3-2-4-6-13/h2-12H,1H3. The van der Waals surface area contributed by atoms with Crippen LogP contribution < -0.4 is 4.74 Å². The molecule has 3 rings (SSSR count). The molecule has 21 heavy (non-hydrogen) atoms. The molecular weight excluding hydrogens is 280 g/mol. The monoisotopic (exact) mass is 294 g/mol. The van der Waals surface area contributed by atoms with Crippen LogP contribution in [0, 0.1) is 0 Å². The van der Waals surface area contributed by atoms with Crippen LogP contribution in [0.5, 0.6) is 5.75 Å². The van der Waals surface area contributed by atoms with E-state index < -0.39 is 0 Å². The molecule has 0 radical (unpaired) electrons. The smallest absolute Gasteiger partial charge is 0.209 e. The molecule has 0 atom stereocenters. The van der Waals surface area contributed by atoms with E-state index in [-0.39, 0.29) is 0 Å². The SMILES string of the molecule is COc1ccc(-c2csc(N=Cc3ccccc3)n2)cc1. The van der Waals surface area contributed by atoms with Crippen LogP contribution in [0.3, 0.4) is 0 Å². The Morgan fingerprint density at radius 1 is 1.05 bits per heavy atom. The maximum absolute atomic E-state index is 5.16. The largest absolute Gasteiger partial charge is 0.497 e. The van der Waals surface area contributed by atoms with Gasteiger partial charge in [0.1, 0.15) is 5.75 Å². The second-order valence-corrected chi connectivity index (χ2v) is 5.25. The summed E-state index contributed by atoms with van der Waals surface area (Å²) in [4.78, 5) is 8.94. The van der Waals surface area contributed by atoms with Crippen molar-refractivity contribution in [2.45, 2.75) is 0 Å². The number of rotatable bonds is 4. The van der Waals surface area contributed by atoms with Gasteiger partial charge in [-0.1, -0.05) is 30.3 Å². The first-order valence-electron chi connectivity index (χ1n) is 6.54. The molecule has 0 amide bonds. The Morgan fingerprint density at radius 2 is 1.81 bits per heavy atom. The summed E-state index contributed by atoms with van der Waals surface area (Å²) in [5, 5.41) is 2.77. The lowest BCUT2D eigenvalue weighted by atomic mass is 10.2. The van der Waals surface area contributed by atoms with Gasteiger partial charge in [-0.05, 0) is 29.8 Å². The van der Waals surface area contributed by atoms with Crippen LogP contribution in [0.25, 0.3) is 11.3 Å². The Morgan fingerprint density at radius 3 is 2.52 bits per heavy atom. The molecule has 3 aromatic rings. The van der Waals surface area contributed by atoms with Crippen molar-refractivity contribution >= 4 is 22.7 Å². The number of hydrogen-bond acceptors (Lipinski definition) is 4. The fourth-order valence-corrected chi connectivity index (χ4v) is 2.56. The van der Waals surface area contributed by atoms with Crippen molar-refractivity contribution in [3.05, 3.63) is 65.5 Å². The summed E-state index contributed by atoms with van der Waals surface area (Å²) in [7, 11) is 1.66. The van der Waals surface area contributed by atoms with E-state index in [9.17, 15) is 0 Å². The molecule has 0 saturated heterocycles. The maximum Gasteiger partial charge on any atom is 0.209 e. The average molecular weight is 294 g/mol. The molecule has 0 aliphatic heterocycles. The topological polar surface area (TPSA) is 34.5 Å². The van der Waals surface area contributed by atoms with Gasteiger partial charge in [0.15, 0.2) is 0 Å². The van der Waals surface area contributed by atoms with Crippen LogP contribution in [0.1, 0.15) is 5.56 Å². The minimum atomic E-state index is 0.754. The highest BCUT2D eigenvalue weighted by molar-refractivity contribution is 7.13. The first-order chi connectivity index (χ1) is 10.3. The number of aromatic nitrogens is 1. The third-order valence-corrected chi connectivity index (χ3v) is 3.75. The highest BCUT2D eigenvalue weighted by atomic mass is 32.1. The van der Waals surface area contributed by atoms with Crippen LogP contribution in [-0.4, -0.2) is 18.3 Å². The Balaban J connectivity index is 1.78. The minimum Gasteiger partial charge on any atom is -0.497 e. The van der Waals surface area contributed by atoms with Crippen LogP contribution in [0.2, 0.25) is 0 Å². The molecule has 2 aromatic carbocycles. The quantitative estimate of drug-likeness (QED) is 0.661. The summed E-state index contributed by atoms with van der Waals surface area (Å²) in [6, 6.07) is 17.9. The van der Waals surface area contributed by atoms with E-state index in [1.54, 1.807) is 7.11 Å². The number of hydrogen-bond donors (Lipinski definition) is 0. The third-order valence-electron chi connectivity index (χ3n) is 3.00. The minimum absolute atomic E-state index is 0.754. The van der Waals surface area contributed by atoms with E-state index in [2.05, 4.69) is 9.98 Å². The highest BCUT2D eigenvalue weighted by Gasteiger charge is 2.03. The first-order valence-corrected chi connectivity index (χ1v) is 7.42. The summed E-state index contributed by atoms with van der Waals surface area (Å²) < 4.78 is 5.16. The summed E-state index contributed by atoms with van der Waals surface area (Å²) in [6.07, 6.45) is 1.83. The van der Waals surface area contributed by atoms with E-state index in [0.717, 1.165) is 27.7 Å². The average Bonchev–Trinajstić information content (AvgIpc) is 3.03. The van der Waals surface area contributed by atoms with E-state index in [1.807, 2.05) is 66.2 Å². The molecule has 4 heteroatoms. The molecule has 3 nitrogen and oxygen atoms in total. The predicted molar refractivity (Wildman–Crippen MR) is 87.8 cm³/mol. The van der Waals surface area contributed by atoms with Crippen LogP contribution >= 0.6 is 11.3 Å². The molecular formula is C17H14N2OS. The molecule has 0 unspecified atom stereocenters. The zero-order valence-electron chi connectivity index (χ0n) is 11.6. The maximum atomic E-state index is 5.16. The molecule has 0 spiro atoms. The van der Waals surface area contributed by atoms with Gasteiger partial charge in [0.2, 0.25) is 5.13 Å². The predicted octanol–water partition coefficient (Wildman–Crippen LogP) is 4.57. The molecule has 0 bridgehead atoms. The second kappa shape index (κ2) is 6.33. The number of nitrogens with zero attached hydrogens (tertiary/aromatic N) is 2. The fourth-order valence-electron chi connectivity index (χ4n) is 1.89. The molecule has 104 valence electrons. The zero-order chi connectivity index (χ0) is 14.5. The van der Waals surface area contributed by atoms with Gasteiger partial charge in [-0.2, -0.15) is 0 Å². The number of thiazole rings is 1. The van der Waals surface area contributed by atoms with E-state index in [0.29, 0.717) is 0 Å². The summed E-state index contributed by atoms with van der Waals surface area (Å²) >= 11 is 1.53. The molecule has 0 N–H and O–H groups in total. The Labute approximate surface area is 127 Å². The summed E-state index contributed by atoms with van der Waals surface area (Å²) in [5.74, 6) is 0.844. The van der Waals surface area contributed by atoms with Crippen molar-refractivity contribution in [2.75, 3.05) is 7.11 Å². The van der Waals surface area contributed by atoms with Crippen molar-refractivity contribution in [3.63, 3.8) is 0 Å². The van der Waals surface area contributed by atoms with E-state index >= 15 is 0 Å². The Bertz CT molecular complexity index is 733. The third kappa shape index (κ3) is 3.35. The lowest BCUT2D eigenvalue weighted by molar-refractivity contribution is 0.415. The second-order valence-electron chi connectivity index (χ2n) is 4.41. The number of benzene rings is 2. The van der Waals surface area contributed by atoms with Crippen molar-refractivity contribution in [1.29, 1.82) is 0 Å². The van der Waals surface area contributed by atoms with Crippen molar-refractivity contribution in [3.8, 4) is 17.0 Å². The Hall–Kier alpha value is -2.46. The van der Waals surface area contributed by atoms with Crippen molar-refractivity contribution < 1.29 is 4.74 Å². The first kappa shape index (κ1) is 13.5. The van der Waals surface area contributed by atoms with Crippen LogP contribution in [0.15, 0.2) is 65.0 Å². The molecule has 0 aliphatic rings. The normalized spacial score (nSPS) is 10.9. The fraction of sp³-hybridized carbons (Fsp3) is 0.0588. The lowest BCUT2D eigenvalue weighted by Crippen LogP contribution is -1.82. The van der Waals surface area contributed by atoms with Gasteiger partial charge in [-0.25, -0.2) is 9.98 Å². The number of aliphatic imine (C=N–C) groups is 1. The molecule has 1 aromatic heterocycles. The van der Waals surface area contributed by atoms with Crippen molar-refractivity contribution in [2.24, 2.45) is 4.99 Å². The lowest BCUT2D eigenvalue weighted by Gasteiger charge is -2.00. The van der Waals surface area contributed by atoms with Gasteiger partial charge in [0.05, 0.1) is 12.8 Å². The molecule has 0 fully saturated rings.